The number of hydrogen-bond acceptors (Lipinski definition) is 2. The molecule has 2 aromatic rings. The lowest BCUT2D eigenvalue weighted by Crippen LogP contribution is -2.12. The first kappa shape index (κ1) is 15.1. The van der Waals surface area contributed by atoms with Crippen molar-refractivity contribution in [2.45, 2.75) is 59.9 Å². The maximum atomic E-state index is 6.24. The molecule has 1 heterocycles. The number of fused-ring (bicyclic) bond motifs is 1. The SMILES string of the molecule is CCNCc1oc2c(C(C)(C)C)cc(C)cc2c1CC. The summed E-state index contributed by atoms with van der Waals surface area (Å²) in [5, 5.41) is 4.68. The van der Waals surface area contributed by atoms with Crippen LogP contribution >= 0.6 is 0 Å². The van der Waals surface area contributed by atoms with Crippen LogP contribution in [-0.2, 0) is 18.4 Å². The summed E-state index contributed by atoms with van der Waals surface area (Å²) in [6.45, 7) is 15.0. The Hall–Kier alpha value is -1.28. The zero-order chi connectivity index (χ0) is 14.9. The van der Waals surface area contributed by atoms with E-state index in [4.69, 9.17) is 4.42 Å². The third-order valence-corrected chi connectivity index (χ3v) is 3.82. The van der Waals surface area contributed by atoms with Crippen LogP contribution in [0.1, 0.15) is 57.1 Å². The van der Waals surface area contributed by atoms with Crippen LogP contribution < -0.4 is 5.32 Å². The van der Waals surface area contributed by atoms with Gasteiger partial charge in [-0.25, -0.2) is 0 Å². The molecular formula is C18H27NO. The monoisotopic (exact) mass is 273 g/mol. The average molecular weight is 273 g/mol. The van der Waals surface area contributed by atoms with Gasteiger partial charge in [0.1, 0.15) is 11.3 Å². The molecule has 0 fully saturated rings. The molecule has 0 unspecified atom stereocenters. The molecule has 0 amide bonds. The highest BCUT2D eigenvalue weighted by Crippen LogP contribution is 2.36. The average Bonchev–Trinajstić information content (AvgIpc) is 2.71. The van der Waals surface area contributed by atoms with Crippen LogP contribution in [0.5, 0.6) is 0 Å². The van der Waals surface area contributed by atoms with Crippen molar-refractivity contribution in [1.29, 1.82) is 0 Å². The second-order valence-corrected chi connectivity index (χ2v) is 6.58. The topological polar surface area (TPSA) is 25.2 Å². The standard InChI is InChI=1S/C18H27NO/c1-7-13-14-9-12(3)10-15(18(4,5)6)17(14)20-16(13)11-19-8-2/h9-10,19H,7-8,11H2,1-6H3. The van der Waals surface area contributed by atoms with Crippen LogP contribution in [-0.4, -0.2) is 6.54 Å². The molecule has 0 atom stereocenters. The van der Waals surface area contributed by atoms with Gasteiger partial charge in [0, 0.05) is 16.5 Å². The third-order valence-electron chi connectivity index (χ3n) is 3.82. The molecule has 0 spiro atoms. The first-order valence-electron chi connectivity index (χ1n) is 7.64. The van der Waals surface area contributed by atoms with E-state index in [0.717, 1.165) is 30.9 Å². The third kappa shape index (κ3) is 2.76. The Balaban J connectivity index is 2.69. The largest absolute Gasteiger partial charge is 0.459 e. The molecule has 0 bridgehead atoms. The van der Waals surface area contributed by atoms with Crippen molar-refractivity contribution >= 4 is 11.0 Å². The van der Waals surface area contributed by atoms with Gasteiger partial charge in [-0.15, -0.1) is 0 Å². The minimum atomic E-state index is 0.0998. The zero-order valence-electron chi connectivity index (χ0n) is 13.7. The van der Waals surface area contributed by atoms with E-state index in [9.17, 15) is 0 Å². The highest BCUT2D eigenvalue weighted by atomic mass is 16.3. The molecule has 2 nitrogen and oxygen atoms in total. The molecule has 0 saturated carbocycles. The number of hydrogen-bond donors (Lipinski definition) is 1. The summed E-state index contributed by atoms with van der Waals surface area (Å²) in [6.07, 6.45) is 1.01. The first-order valence-corrected chi connectivity index (χ1v) is 7.64. The van der Waals surface area contributed by atoms with Gasteiger partial charge in [0.25, 0.3) is 0 Å². The van der Waals surface area contributed by atoms with Crippen molar-refractivity contribution in [3.63, 3.8) is 0 Å². The first-order chi connectivity index (χ1) is 9.38. The predicted molar refractivity (Wildman–Crippen MR) is 86.4 cm³/mol. The van der Waals surface area contributed by atoms with Crippen LogP contribution in [0.25, 0.3) is 11.0 Å². The lowest BCUT2D eigenvalue weighted by atomic mass is 9.84. The number of benzene rings is 1. The highest BCUT2D eigenvalue weighted by molar-refractivity contribution is 5.86. The Bertz CT molecular complexity index is 602. The smallest absolute Gasteiger partial charge is 0.138 e. The van der Waals surface area contributed by atoms with Crippen LogP contribution in [0.15, 0.2) is 16.5 Å². The summed E-state index contributed by atoms with van der Waals surface area (Å²) < 4.78 is 6.24. The summed E-state index contributed by atoms with van der Waals surface area (Å²) in [5.41, 5.74) is 5.16. The fraction of sp³-hybridized carbons (Fsp3) is 0.556. The molecule has 20 heavy (non-hydrogen) atoms. The minimum absolute atomic E-state index is 0.0998. The van der Waals surface area contributed by atoms with Crippen molar-refractivity contribution in [1.82, 2.24) is 5.32 Å². The Morgan fingerprint density at radius 1 is 1.15 bits per heavy atom. The molecule has 1 aromatic heterocycles. The fourth-order valence-corrected chi connectivity index (χ4v) is 2.77. The fourth-order valence-electron chi connectivity index (χ4n) is 2.77. The van der Waals surface area contributed by atoms with E-state index in [-0.39, 0.29) is 5.41 Å². The molecule has 1 aromatic carbocycles. The summed E-state index contributed by atoms with van der Waals surface area (Å²) in [5.74, 6) is 1.10. The zero-order valence-corrected chi connectivity index (χ0v) is 13.7. The maximum absolute atomic E-state index is 6.24. The highest BCUT2D eigenvalue weighted by Gasteiger charge is 2.22. The Morgan fingerprint density at radius 2 is 1.85 bits per heavy atom. The minimum Gasteiger partial charge on any atom is -0.459 e. The van der Waals surface area contributed by atoms with E-state index < -0.39 is 0 Å². The van der Waals surface area contributed by atoms with Gasteiger partial charge >= 0.3 is 0 Å². The second-order valence-electron chi connectivity index (χ2n) is 6.58. The number of rotatable bonds is 4. The van der Waals surface area contributed by atoms with E-state index in [2.05, 4.69) is 59.0 Å². The lowest BCUT2D eigenvalue weighted by Gasteiger charge is -2.19. The van der Waals surface area contributed by atoms with Crippen molar-refractivity contribution in [2.24, 2.45) is 0 Å². The number of furan rings is 1. The molecular weight excluding hydrogens is 246 g/mol. The Labute approximate surface area is 122 Å². The van der Waals surface area contributed by atoms with E-state index in [0.29, 0.717) is 0 Å². The number of nitrogens with one attached hydrogen (secondary N) is 1. The molecule has 1 N–H and O–H groups in total. The molecule has 0 radical (unpaired) electrons. The van der Waals surface area contributed by atoms with Crippen LogP contribution in [0, 0.1) is 6.92 Å². The van der Waals surface area contributed by atoms with Gasteiger partial charge in [-0.2, -0.15) is 0 Å². The summed E-state index contributed by atoms with van der Waals surface area (Å²) in [7, 11) is 0. The van der Waals surface area contributed by atoms with E-state index in [1.165, 1.54) is 22.1 Å². The van der Waals surface area contributed by atoms with Crippen LogP contribution in [0.3, 0.4) is 0 Å². The lowest BCUT2D eigenvalue weighted by molar-refractivity contribution is 0.500. The molecule has 0 saturated heterocycles. The van der Waals surface area contributed by atoms with Crippen molar-refractivity contribution in [2.75, 3.05) is 6.54 Å². The normalized spacial score (nSPS) is 12.3. The van der Waals surface area contributed by atoms with E-state index in [1.807, 2.05) is 0 Å². The van der Waals surface area contributed by atoms with Gasteiger partial charge in [-0.05, 0) is 36.9 Å². The molecule has 110 valence electrons. The van der Waals surface area contributed by atoms with Gasteiger partial charge in [0.2, 0.25) is 0 Å². The van der Waals surface area contributed by atoms with Crippen LogP contribution in [0.4, 0.5) is 0 Å². The van der Waals surface area contributed by atoms with E-state index >= 15 is 0 Å². The molecule has 0 aliphatic rings. The van der Waals surface area contributed by atoms with Crippen LogP contribution in [0.2, 0.25) is 0 Å². The van der Waals surface area contributed by atoms with Gasteiger partial charge in [0.15, 0.2) is 0 Å². The van der Waals surface area contributed by atoms with Crippen molar-refractivity contribution in [3.05, 3.63) is 34.6 Å². The molecule has 2 heteroatoms. The maximum Gasteiger partial charge on any atom is 0.138 e. The van der Waals surface area contributed by atoms with Crippen molar-refractivity contribution in [3.8, 4) is 0 Å². The Morgan fingerprint density at radius 3 is 2.40 bits per heavy atom. The van der Waals surface area contributed by atoms with E-state index in [1.54, 1.807) is 0 Å². The number of aryl methyl sites for hydroxylation is 2. The Kier molecular flexibility index (Phi) is 4.24. The molecule has 2 rings (SSSR count). The predicted octanol–water partition coefficient (Wildman–Crippen LogP) is 4.71. The summed E-state index contributed by atoms with van der Waals surface area (Å²) in [6, 6.07) is 4.53. The van der Waals surface area contributed by atoms with Crippen molar-refractivity contribution < 1.29 is 4.42 Å². The van der Waals surface area contributed by atoms with Gasteiger partial charge in [0.05, 0.1) is 6.54 Å². The molecule has 0 aliphatic heterocycles. The molecule has 0 aliphatic carbocycles. The quantitative estimate of drug-likeness (QED) is 0.872. The summed E-state index contributed by atoms with van der Waals surface area (Å²) in [4.78, 5) is 0. The summed E-state index contributed by atoms with van der Waals surface area (Å²) >= 11 is 0. The second kappa shape index (κ2) is 5.61. The van der Waals surface area contributed by atoms with Gasteiger partial charge < -0.3 is 9.73 Å². The van der Waals surface area contributed by atoms with Gasteiger partial charge in [-0.3, -0.25) is 0 Å². The van der Waals surface area contributed by atoms with Gasteiger partial charge in [-0.1, -0.05) is 40.7 Å².